The maximum absolute atomic E-state index is 13.5. The number of carbonyl (C=O) groups excluding carboxylic acids is 1. The predicted octanol–water partition coefficient (Wildman–Crippen LogP) is 4.68. The van der Waals surface area contributed by atoms with E-state index in [0.29, 0.717) is 0 Å². The fourth-order valence-corrected chi connectivity index (χ4v) is 1.70. The molecule has 31 heavy (non-hydrogen) atoms. The van der Waals surface area contributed by atoms with Gasteiger partial charge in [-0.1, -0.05) is 0 Å². The van der Waals surface area contributed by atoms with Crippen molar-refractivity contribution in [2.75, 3.05) is 6.54 Å². The number of hydrogen-bond acceptors (Lipinski definition) is 3. The largest absolute Gasteiger partial charge is 0.460 e. The van der Waals surface area contributed by atoms with Gasteiger partial charge in [-0.25, -0.2) is 0 Å². The second-order valence-electron chi connectivity index (χ2n) is 6.85. The minimum Gasteiger partial charge on any atom is -0.349 e. The molecule has 184 valence electrons. The molecule has 1 N–H and O–H groups in total. The third-order valence-electron chi connectivity index (χ3n) is 3.88. The zero-order chi connectivity index (χ0) is 25.5. The molecule has 0 aliphatic rings. The van der Waals surface area contributed by atoms with E-state index >= 15 is 0 Å². The summed E-state index contributed by atoms with van der Waals surface area (Å²) >= 11 is 0. The number of hydrogen-bond donors (Lipinski definition) is 1. The summed E-state index contributed by atoms with van der Waals surface area (Å²) in [7, 11) is 0. The van der Waals surface area contributed by atoms with E-state index in [9.17, 15) is 72.0 Å². The van der Waals surface area contributed by atoms with E-state index in [4.69, 9.17) is 0 Å². The first-order valence-electron chi connectivity index (χ1n) is 7.66. The van der Waals surface area contributed by atoms with Crippen LogP contribution in [0.25, 0.3) is 0 Å². The Kier molecular flexibility index (Phi) is 7.61. The van der Waals surface area contributed by atoms with Crippen LogP contribution in [0.15, 0.2) is 0 Å². The lowest BCUT2D eigenvalue weighted by atomic mass is 9.92. The Labute approximate surface area is 164 Å². The number of nitrogens with zero attached hydrogens (tertiary/aromatic N) is 1. The highest BCUT2D eigenvalue weighted by Crippen LogP contribution is 2.60. The summed E-state index contributed by atoms with van der Waals surface area (Å²) in [6.45, 7) is 0.950. The average Bonchev–Trinajstić information content (AvgIpc) is 2.56. The SMILES string of the molecule is CC(C)(CNC(=O)CCC(F)(F)C(F)(F)C(F)(F)C(F)(F)C(F)(F)C(F)(F)F)[N+](=O)[O-]. The molecule has 0 saturated heterocycles. The molecule has 0 spiro atoms. The molecule has 0 radical (unpaired) electrons. The maximum Gasteiger partial charge on any atom is 0.460 e. The van der Waals surface area contributed by atoms with Crippen molar-refractivity contribution in [3.63, 3.8) is 0 Å². The van der Waals surface area contributed by atoms with Crippen LogP contribution in [0.5, 0.6) is 0 Å². The molecular formula is C13H13F13N2O3. The molecule has 0 unspecified atom stereocenters. The summed E-state index contributed by atoms with van der Waals surface area (Å²) in [6, 6.07) is 0. The highest BCUT2D eigenvalue weighted by molar-refractivity contribution is 5.76. The van der Waals surface area contributed by atoms with Crippen molar-refractivity contribution in [2.45, 2.75) is 68.0 Å². The van der Waals surface area contributed by atoms with Gasteiger partial charge >= 0.3 is 35.8 Å². The van der Waals surface area contributed by atoms with Crippen LogP contribution in [0, 0.1) is 10.1 Å². The Balaban J connectivity index is 5.64. The smallest absolute Gasteiger partial charge is 0.349 e. The first-order chi connectivity index (χ1) is 13.3. The topological polar surface area (TPSA) is 72.2 Å². The van der Waals surface area contributed by atoms with Crippen molar-refractivity contribution in [2.24, 2.45) is 0 Å². The van der Waals surface area contributed by atoms with Crippen molar-refractivity contribution in [3.8, 4) is 0 Å². The minimum atomic E-state index is -8.01. The summed E-state index contributed by atoms with van der Waals surface area (Å²) in [4.78, 5) is 20.9. The minimum absolute atomic E-state index is 0.882. The second-order valence-corrected chi connectivity index (χ2v) is 6.85. The van der Waals surface area contributed by atoms with E-state index < -0.39 is 71.5 Å². The Hall–Kier alpha value is -2.04. The Morgan fingerprint density at radius 3 is 1.52 bits per heavy atom. The van der Waals surface area contributed by atoms with Gasteiger partial charge < -0.3 is 5.32 Å². The molecule has 0 aromatic heterocycles. The van der Waals surface area contributed by atoms with Gasteiger partial charge in [0, 0.05) is 31.6 Å². The average molecular weight is 492 g/mol. The standard InChI is InChI=1S/C13H13F13N2O3/c1-7(2,28(30)31)5-27-6(29)3-4-8(14,15)9(16,17)10(18,19)11(20,21)12(22,23)13(24,25)26/h3-5H2,1-2H3,(H,27,29). The number of nitrogens with one attached hydrogen (secondary N) is 1. The molecule has 0 fully saturated rings. The van der Waals surface area contributed by atoms with Crippen LogP contribution >= 0.6 is 0 Å². The molecule has 0 aliphatic carbocycles. The first-order valence-corrected chi connectivity index (χ1v) is 7.66. The van der Waals surface area contributed by atoms with Crippen LogP contribution in [0.3, 0.4) is 0 Å². The number of nitro groups is 1. The van der Waals surface area contributed by atoms with Gasteiger partial charge in [0.05, 0.1) is 6.54 Å². The maximum atomic E-state index is 13.5. The van der Waals surface area contributed by atoms with Gasteiger partial charge in [-0.15, -0.1) is 0 Å². The van der Waals surface area contributed by atoms with Crippen molar-refractivity contribution in [3.05, 3.63) is 10.1 Å². The van der Waals surface area contributed by atoms with Gasteiger partial charge in [0.15, 0.2) is 0 Å². The Morgan fingerprint density at radius 2 is 1.16 bits per heavy atom. The summed E-state index contributed by atoms with van der Waals surface area (Å²) in [6.07, 6.45) is -12.1. The van der Waals surface area contributed by atoms with Gasteiger partial charge in [0.25, 0.3) is 0 Å². The molecule has 0 aromatic rings. The summed E-state index contributed by atoms with van der Waals surface area (Å²) in [5.41, 5.74) is -1.90. The van der Waals surface area contributed by atoms with Gasteiger partial charge in [0.2, 0.25) is 11.4 Å². The first kappa shape index (κ1) is 29.0. The molecule has 0 atom stereocenters. The van der Waals surface area contributed by atoms with E-state index in [1.54, 1.807) is 5.32 Å². The van der Waals surface area contributed by atoms with Crippen LogP contribution in [-0.4, -0.2) is 58.7 Å². The van der Waals surface area contributed by atoms with E-state index in [-0.39, 0.29) is 0 Å². The lowest BCUT2D eigenvalue weighted by Gasteiger charge is -2.39. The van der Waals surface area contributed by atoms with Crippen molar-refractivity contribution < 1.29 is 66.8 Å². The normalized spacial score (nSPS) is 15.1. The van der Waals surface area contributed by atoms with Crippen molar-refractivity contribution in [1.29, 1.82) is 0 Å². The fraction of sp³-hybridized carbons (Fsp3) is 0.923. The lowest BCUT2D eigenvalue weighted by Crippen LogP contribution is -2.70. The molecule has 0 saturated carbocycles. The van der Waals surface area contributed by atoms with Gasteiger partial charge in [-0.3, -0.25) is 14.9 Å². The molecule has 0 heterocycles. The van der Waals surface area contributed by atoms with E-state index in [1.807, 2.05) is 0 Å². The van der Waals surface area contributed by atoms with Gasteiger partial charge in [-0.2, -0.15) is 57.1 Å². The molecule has 18 heteroatoms. The quantitative estimate of drug-likeness (QED) is 0.274. The third kappa shape index (κ3) is 5.07. The van der Waals surface area contributed by atoms with Crippen LogP contribution in [0.4, 0.5) is 57.1 Å². The Bertz CT molecular complexity index is 689. The molecule has 0 bridgehead atoms. The molecule has 0 aromatic carbocycles. The number of halogens is 13. The van der Waals surface area contributed by atoms with E-state index in [1.165, 1.54) is 0 Å². The molecule has 5 nitrogen and oxygen atoms in total. The van der Waals surface area contributed by atoms with E-state index in [2.05, 4.69) is 0 Å². The number of amides is 1. The Morgan fingerprint density at radius 1 is 0.774 bits per heavy atom. The van der Waals surface area contributed by atoms with Crippen molar-refractivity contribution in [1.82, 2.24) is 5.32 Å². The molecular weight excluding hydrogens is 479 g/mol. The summed E-state index contributed by atoms with van der Waals surface area (Å²) in [5.74, 6) is -39.3. The second kappa shape index (κ2) is 8.14. The van der Waals surface area contributed by atoms with Crippen LogP contribution < -0.4 is 5.32 Å². The number of carbonyl (C=O) groups is 1. The van der Waals surface area contributed by atoms with Gasteiger partial charge in [0.1, 0.15) is 0 Å². The monoisotopic (exact) mass is 492 g/mol. The lowest BCUT2D eigenvalue weighted by molar-refractivity contribution is -0.557. The number of alkyl halides is 13. The zero-order valence-corrected chi connectivity index (χ0v) is 15.2. The molecule has 0 rings (SSSR count). The highest BCUT2D eigenvalue weighted by Gasteiger charge is 2.90. The predicted molar refractivity (Wildman–Crippen MR) is 74.1 cm³/mol. The van der Waals surface area contributed by atoms with Crippen LogP contribution in [0.1, 0.15) is 26.7 Å². The zero-order valence-electron chi connectivity index (χ0n) is 15.2. The fourth-order valence-electron chi connectivity index (χ4n) is 1.70. The third-order valence-corrected chi connectivity index (χ3v) is 3.88. The molecule has 0 aliphatic heterocycles. The van der Waals surface area contributed by atoms with Crippen molar-refractivity contribution >= 4 is 5.91 Å². The number of rotatable bonds is 10. The van der Waals surface area contributed by atoms with Crippen LogP contribution in [-0.2, 0) is 4.79 Å². The molecule has 1 amide bonds. The van der Waals surface area contributed by atoms with Crippen LogP contribution in [0.2, 0.25) is 0 Å². The van der Waals surface area contributed by atoms with E-state index in [0.717, 1.165) is 13.8 Å². The van der Waals surface area contributed by atoms with Gasteiger partial charge in [-0.05, 0) is 0 Å². The highest BCUT2D eigenvalue weighted by atomic mass is 19.4. The summed E-state index contributed by atoms with van der Waals surface area (Å²) in [5, 5.41) is 12.2. The summed E-state index contributed by atoms with van der Waals surface area (Å²) < 4.78 is 168.